The predicted octanol–water partition coefficient (Wildman–Crippen LogP) is 0.481. The topological polar surface area (TPSA) is 79.0 Å². The number of likely N-dealkylation sites (tertiary alicyclic amines) is 1. The van der Waals surface area contributed by atoms with Crippen molar-refractivity contribution >= 4 is 29.4 Å². The number of hydrogen-bond donors (Lipinski definition) is 1. The van der Waals surface area contributed by atoms with Gasteiger partial charge in [-0.1, -0.05) is 11.6 Å². The van der Waals surface area contributed by atoms with Crippen LogP contribution in [0.3, 0.4) is 0 Å². The summed E-state index contributed by atoms with van der Waals surface area (Å²) in [6, 6.07) is 6.09. The van der Waals surface area contributed by atoms with E-state index in [1.165, 1.54) is 4.90 Å². The van der Waals surface area contributed by atoms with E-state index in [1.807, 2.05) is 0 Å². The minimum atomic E-state index is -0.389. The maximum atomic E-state index is 12.0. The Morgan fingerprint density at radius 1 is 1.27 bits per heavy atom. The van der Waals surface area contributed by atoms with Gasteiger partial charge in [0.25, 0.3) is 5.91 Å². The van der Waals surface area contributed by atoms with E-state index in [9.17, 15) is 14.4 Å². The summed E-state index contributed by atoms with van der Waals surface area (Å²) in [5, 5.41) is 3.06. The molecule has 2 heterocycles. The van der Waals surface area contributed by atoms with Gasteiger partial charge in [0.1, 0.15) is 5.75 Å². The van der Waals surface area contributed by atoms with Crippen LogP contribution < -0.4 is 10.1 Å². The standard InChI is InChI=1S/C14H14ClN3O4/c15-9-1-3-11(4-2-9)22-8-13(20)17-6-10(7-17)18-12(19)5-16-14(18)21/h1-4,10H,5-8H2,(H,16,21). The molecule has 0 bridgehead atoms. The summed E-state index contributed by atoms with van der Waals surface area (Å²) in [5.41, 5.74) is 0. The van der Waals surface area contributed by atoms with Gasteiger partial charge < -0.3 is 15.0 Å². The molecule has 1 N–H and O–H groups in total. The quantitative estimate of drug-likeness (QED) is 0.818. The highest BCUT2D eigenvalue weighted by Gasteiger charge is 2.42. The molecule has 0 unspecified atom stereocenters. The van der Waals surface area contributed by atoms with Gasteiger partial charge in [-0.15, -0.1) is 0 Å². The van der Waals surface area contributed by atoms with Crippen molar-refractivity contribution in [3.05, 3.63) is 29.3 Å². The molecule has 0 aliphatic carbocycles. The smallest absolute Gasteiger partial charge is 0.324 e. The van der Waals surface area contributed by atoms with Gasteiger partial charge >= 0.3 is 6.03 Å². The molecule has 2 fully saturated rings. The van der Waals surface area contributed by atoms with Crippen LogP contribution in [0.5, 0.6) is 5.75 Å². The van der Waals surface area contributed by atoms with E-state index in [0.29, 0.717) is 23.9 Å². The summed E-state index contributed by atoms with van der Waals surface area (Å²) < 4.78 is 5.37. The first-order valence-electron chi connectivity index (χ1n) is 6.80. The fourth-order valence-electron chi connectivity index (χ4n) is 2.39. The predicted molar refractivity (Wildman–Crippen MR) is 77.6 cm³/mol. The van der Waals surface area contributed by atoms with Crippen LogP contribution in [0.25, 0.3) is 0 Å². The van der Waals surface area contributed by atoms with Crippen molar-refractivity contribution in [2.75, 3.05) is 26.2 Å². The molecule has 7 nitrogen and oxygen atoms in total. The third-order valence-electron chi connectivity index (χ3n) is 3.63. The van der Waals surface area contributed by atoms with E-state index in [1.54, 1.807) is 29.2 Å². The summed E-state index contributed by atoms with van der Waals surface area (Å²) >= 11 is 5.76. The van der Waals surface area contributed by atoms with Gasteiger partial charge in [-0.25, -0.2) is 4.79 Å². The number of amides is 4. The number of nitrogens with one attached hydrogen (secondary N) is 1. The molecule has 0 spiro atoms. The van der Waals surface area contributed by atoms with Crippen LogP contribution >= 0.6 is 11.6 Å². The Balaban J connectivity index is 1.46. The minimum absolute atomic E-state index is 0.0307. The number of benzene rings is 1. The molecule has 1 aromatic rings. The average molecular weight is 324 g/mol. The molecule has 0 radical (unpaired) electrons. The highest BCUT2D eigenvalue weighted by atomic mass is 35.5. The molecule has 0 saturated carbocycles. The zero-order chi connectivity index (χ0) is 15.7. The monoisotopic (exact) mass is 323 g/mol. The zero-order valence-electron chi connectivity index (χ0n) is 11.6. The largest absolute Gasteiger partial charge is 0.484 e. The molecule has 3 rings (SSSR count). The second-order valence-corrected chi connectivity index (χ2v) is 5.55. The van der Waals surface area contributed by atoms with Crippen LogP contribution in [0.2, 0.25) is 5.02 Å². The molecule has 0 atom stereocenters. The first-order valence-corrected chi connectivity index (χ1v) is 7.18. The molecular weight excluding hydrogens is 310 g/mol. The summed E-state index contributed by atoms with van der Waals surface area (Å²) in [6.07, 6.45) is 0. The van der Waals surface area contributed by atoms with Crippen LogP contribution in [-0.2, 0) is 9.59 Å². The number of nitrogens with zero attached hydrogens (tertiary/aromatic N) is 2. The number of hydrogen-bond acceptors (Lipinski definition) is 4. The van der Waals surface area contributed by atoms with Gasteiger partial charge in [0.2, 0.25) is 5.91 Å². The number of urea groups is 1. The molecule has 4 amide bonds. The number of halogens is 1. The second-order valence-electron chi connectivity index (χ2n) is 5.12. The third-order valence-corrected chi connectivity index (χ3v) is 3.89. The van der Waals surface area contributed by atoms with Crippen molar-refractivity contribution in [3.63, 3.8) is 0 Å². The van der Waals surface area contributed by atoms with E-state index >= 15 is 0 Å². The lowest BCUT2D eigenvalue weighted by molar-refractivity contribution is -0.143. The molecule has 22 heavy (non-hydrogen) atoms. The molecule has 1 aromatic carbocycles. The van der Waals surface area contributed by atoms with Crippen molar-refractivity contribution in [3.8, 4) is 5.75 Å². The lowest BCUT2D eigenvalue weighted by Gasteiger charge is -2.42. The van der Waals surface area contributed by atoms with Crippen molar-refractivity contribution in [2.45, 2.75) is 6.04 Å². The summed E-state index contributed by atoms with van der Waals surface area (Å²) in [4.78, 5) is 37.7. The molecular formula is C14H14ClN3O4. The van der Waals surface area contributed by atoms with Crippen LogP contribution in [0.4, 0.5) is 4.79 Å². The molecule has 116 valence electrons. The van der Waals surface area contributed by atoms with E-state index in [4.69, 9.17) is 16.3 Å². The van der Waals surface area contributed by atoms with E-state index < -0.39 is 0 Å². The zero-order valence-corrected chi connectivity index (χ0v) is 12.4. The van der Waals surface area contributed by atoms with Crippen molar-refractivity contribution in [1.82, 2.24) is 15.1 Å². The summed E-state index contributed by atoms with van der Waals surface area (Å²) in [5.74, 6) is 0.127. The maximum absolute atomic E-state index is 12.0. The highest BCUT2D eigenvalue weighted by Crippen LogP contribution is 2.19. The number of ether oxygens (including phenoxy) is 1. The Kier molecular flexibility index (Phi) is 3.89. The van der Waals surface area contributed by atoms with E-state index in [0.717, 1.165) is 0 Å². The van der Waals surface area contributed by atoms with Crippen LogP contribution in [0, 0.1) is 0 Å². The molecule has 8 heteroatoms. The van der Waals surface area contributed by atoms with Gasteiger partial charge in [0, 0.05) is 18.1 Å². The summed E-state index contributed by atoms with van der Waals surface area (Å²) in [6.45, 7) is 0.640. The Morgan fingerprint density at radius 3 is 2.55 bits per heavy atom. The lowest BCUT2D eigenvalue weighted by Crippen LogP contribution is -2.63. The second kappa shape index (κ2) is 5.84. The van der Waals surface area contributed by atoms with Crippen molar-refractivity contribution in [1.29, 1.82) is 0 Å². The number of rotatable bonds is 4. The number of carbonyl (C=O) groups is 3. The summed E-state index contributed by atoms with van der Waals surface area (Å²) in [7, 11) is 0. The first-order chi connectivity index (χ1) is 10.5. The van der Waals surface area contributed by atoms with Gasteiger partial charge in [-0.2, -0.15) is 0 Å². The van der Waals surface area contributed by atoms with E-state index in [-0.39, 0.29) is 37.0 Å². The SMILES string of the molecule is O=C(COc1ccc(Cl)cc1)N1CC(N2C(=O)CNC2=O)C1. The first kappa shape index (κ1) is 14.6. The minimum Gasteiger partial charge on any atom is -0.484 e. The highest BCUT2D eigenvalue weighted by molar-refractivity contribution is 6.30. The van der Waals surface area contributed by atoms with Crippen molar-refractivity contribution < 1.29 is 19.1 Å². The van der Waals surface area contributed by atoms with Crippen LogP contribution in [0.1, 0.15) is 0 Å². The Bertz CT molecular complexity index is 597. The average Bonchev–Trinajstić information content (AvgIpc) is 2.77. The number of imide groups is 1. The lowest BCUT2D eigenvalue weighted by atomic mass is 10.1. The van der Waals surface area contributed by atoms with Crippen LogP contribution in [-0.4, -0.2) is 59.9 Å². The van der Waals surface area contributed by atoms with Crippen molar-refractivity contribution in [2.24, 2.45) is 0 Å². The van der Waals surface area contributed by atoms with Gasteiger partial charge in [-0.05, 0) is 24.3 Å². The molecule has 2 saturated heterocycles. The molecule has 0 aromatic heterocycles. The fraction of sp³-hybridized carbons (Fsp3) is 0.357. The molecule has 2 aliphatic heterocycles. The third kappa shape index (κ3) is 2.85. The van der Waals surface area contributed by atoms with Crippen LogP contribution in [0.15, 0.2) is 24.3 Å². The Labute approximate surface area is 131 Å². The Hall–Kier alpha value is -2.28. The van der Waals surface area contributed by atoms with Gasteiger partial charge in [0.15, 0.2) is 6.61 Å². The maximum Gasteiger partial charge on any atom is 0.324 e. The van der Waals surface area contributed by atoms with Gasteiger partial charge in [0.05, 0.1) is 12.6 Å². The number of carbonyl (C=O) groups excluding carboxylic acids is 3. The Morgan fingerprint density at radius 2 is 1.95 bits per heavy atom. The molecule has 2 aliphatic rings. The van der Waals surface area contributed by atoms with Gasteiger partial charge in [-0.3, -0.25) is 14.5 Å². The normalized spacial score (nSPS) is 18.2. The van der Waals surface area contributed by atoms with E-state index in [2.05, 4.69) is 5.32 Å². The fourth-order valence-corrected chi connectivity index (χ4v) is 2.52.